The van der Waals surface area contributed by atoms with Gasteiger partial charge < -0.3 is 19.1 Å². The van der Waals surface area contributed by atoms with E-state index in [4.69, 9.17) is 14.2 Å². The second kappa shape index (κ2) is 7.75. The van der Waals surface area contributed by atoms with Crippen LogP contribution >= 0.6 is 0 Å². The molecule has 126 valence electrons. The fourth-order valence-corrected chi connectivity index (χ4v) is 3.28. The Balaban J connectivity index is 1.62. The third-order valence-electron chi connectivity index (χ3n) is 4.64. The molecule has 1 amide bonds. The number of methoxy groups -OCH3 is 1. The predicted molar refractivity (Wildman–Crippen MR) is 84.2 cm³/mol. The van der Waals surface area contributed by atoms with E-state index in [1.165, 1.54) is 0 Å². The fourth-order valence-electron chi connectivity index (χ4n) is 3.28. The molecule has 3 heterocycles. The Morgan fingerprint density at radius 1 is 1.43 bits per heavy atom. The summed E-state index contributed by atoms with van der Waals surface area (Å²) in [5.74, 6) is 1.01. The number of nitrogens with zero attached hydrogens (tertiary/aromatic N) is 2. The molecule has 0 N–H and O–H groups in total. The molecule has 0 bridgehead atoms. The van der Waals surface area contributed by atoms with Crippen LogP contribution in [0, 0.1) is 5.92 Å². The maximum absolute atomic E-state index is 12.8. The number of pyridine rings is 1. The van der Waals surface area contributed by atoms with Gasteiger partial charge in [-0.2, -0.15) is 0 Å². The van der Waals surface area contributed by atoms with Crippen molar-refractivity contribution in [1.82, 2.24) is 9.88 Å². The van der Waals surface area contributed by atoms with Crippen molar-refractivity contribution in [2.24, 2.45) is 5.92 Å². The molecule has 2 aliphatic heterocycles. The fraction of sp³-hybridized carbons (Fsp3) is 0.647. The molecule has 2 saturated heterocycles. The van der Waals surface area contributed by atoms with Crippen molar-refractivity contribution >= 4 is 5.91 Å². The Bertz CT molecular complexity index is 505. The Labute approximate surface area is 136 Å². The van der Waals surface area contributed by atoms with Gasteiger partial charge in [0, 0.05) is 39.0 Å². The van der Waals surface area contributed by atoms with E-state index in [2.05, 4.69) is 4.98 Å². The van der Waals surface area contributed by atoms with E-state index < -0.39 is 0 Å². The molecule has 0 aliphatic carbocycles. The van der Waals surface area contributed by atoms with Gasteiger partial charge in [0.25, 0.3) is 0 Å². The number of ether oxygens (including phenoxy) is 3. The summed E-state index contributed by atoms with van der Waals surface area (Å²) in [7, 11) is 1.70. The van der Waals surface area contributed by atoms with E-state index in [0.717, 1.165) is 25.0 Å². The van der Waals surface area contributed by atoms with Gasteiger partial charge in [0.1, 0.15) is 12.4 Å². The standard InChI is InChI=1S/C17H24N2O4/c1-21-16-9-14(12-23-15-3-2-6-18-10-15)19(11-16)17(20)13-4-7-22-8-5-13/h2-3,6,10,13-14,16H,4-5,7-9,11-12H2,1H3/t14-,16+/m0/s1. The van der Waals surface area contributed by atoms with Gasteiger partial charge in [0.2, 0.25) is 5.91 Å². The number of amides is 1. The molecule has 3 rings (SSSR count). The van der Waals surface area contributed by atoms with Crippen LogP contribution in [0.1, 0.15) is 19.3 Å². The highest BCUT2D eigenvalue weighted by Gasteiger charge is 2.38. The lowest BCUT2D eigenvalue weighted by atomic mass is 9.98. The van der Waals surface area contributed by atoms with E-state index >= 15 is 0 Å². The van der Waals surface area contributed by atoms with Crippen molar-refractivity contribution in [3.8, 4) is 5.75 Å². The Morgan fingerprint density at radius 3 is 2.96 bits per heavy atom. The molecule has 23 heavy (non-hydrogen) atoms. The molecule has 2 aliphatic rings. The smallest absolute Gasteiger partial charge is 0.226 e. The van der Waals surface area contributed by atoms with Crippen molar-refractivity contribution in [2.75, 3.05) is 33.5 Å². The number of hydrogen-bond acceptors (Lipinski definition) is 5. The molecule has 0 spiro atoms. The van der Waals surface area contributed by atoms with Crippen LogP contribution in [-0.4, -0.2) is 61.4 Å². The van der Waals surface area contributed by atoms with Crippen molar-refractivity contribution in [3.63, 3.8) is 0 Å². The van der Waals surface area contributed by atoms with Crippen LogP contribution in [0.4, 0.5) is 0 Å². The van der Waals surface area contributed by atoms with E-state index in [-0.39, 0.29) is 24.0 Å². The highest BCUT2D eigenvalue weighted by atomic mass is 16.5. The number of hydrogen-bond donors (Lipinski definition) is 0. The summed E-state index contributed by atoms with van der Waals surface area (Å²) in [5.41, 5.74) is 0. The molecule has 6 nitrogen and oxygen atoms in total. The second-order valence-corrected chi connectivity index (χ2v) is 6.12. The van der Waals surface area contributed by atoms with Gasteiger partial charge in [0.15, 0.2) is 0 Å². The molecular weight excluding hydrogens is 296 g/mol. The number of likely N-dealkylation sites (tertiary alicyclic amines) is 1. The van der Waals surface area contributed by atoms with E-state index in [1.54, 1.807) is 19.5 Å². The summed E-state index contributed by atoms with van der Waals surface area (Å²) in [6, 6.07) is 3.77. The van der Waals surface area contributed by atoms with Crippen LogP contribution in [0.3, 0.4) is 0 Å². The molecule has 0 unspecified atom stereocenters. The maximum atomic E-state index is 12.8. The largest absolute Gasteiger partial charge is 0.490 e. The zero-order valence-electron chi connectivity index (χ0n) is 13.5. The lowest BCUT2D eigenvalue weighted by Gasteiger charge is -2.30. The monoisotopic (exact) mass is 320 g/mol. The first-order chi connectivity index (χ1) is 11.3. The zero-order valence-corrected chi connectivity index (χ0v) is 13.5. The summed E-state index contributed by atoms with van der Waals surface area (Å²) in [5, 5.41) is 0. The van der Waals surface area contributed by atoms with Gasteiger partial charge in [-0.15, -0.1) is 0 Å². The maximum Gasteiger partial charge on any atom is 0.226 e. The molecular formula is C17H24N2O4. The summed E-state index contributed by atoms with van der Waals surface area (Å²) >= 11 is 0. The normalized spacial score (nSPS) is 25.5. The first-order valence-electron chi connectivity index (χ1n) is 8.21. The van der Waals surface area contributed by atoms with Gasteiger partial charge in [-0.3, -0.25) is 9.78 Å². The number of rotatable bonds is 5. The summed E-state index contributed by atoms with van der Waals surface area (Å²) < 4.78 is 16.6. The summed E-state index contributed by atoms with van der Waals surface area (Å²) in [6.07, 6.45) is 5.91. The lowest BCUT2D eigenvalue weighted by Crippen LogP contribution is -2.44. The third kappa shape index (κ3) is 4.00. The third-order valence-corrected chi connectivity index (χ3v) is 4.64. The molecule has 6 heteroatoms. The van der Waals surface area contributed by atoms with Crippen molar-refractivity contribution in [1.29, 1.82) is 0 Å². The molecule has 0 radical (unpaired) electrons. The minimum atomic E-state index is 0.0514. The highest BCUT2D eigenvalue weighted by molar-refractivity contribution is 5.79. The van der Waals surface area contributed by atoms with Gasteiger partial charge in [-0.25, -0.2) is 0 Å². The molecule has 2 atom stereocenters. The van der Waals surface area contributed by atoms with Gasteiger partial charge in [-0.05, 0) is 31.4 Å². The van der Waals surface area contributed by atoms with Crippen LogP contribution in [0.2, 0.25) is 0 Å². The van der Waals surface area contributed by atoms with Crippen molar-refractivity contribution in [3.05, 3.63) is 24.5 Å². The zero-order chi connectivity index (χ0) is 16.1. The number of carbonyl (C=O) groups is 1. The second-order valence-electron chi connectivity index (χ2n) is 6.12. The van der Waals surface area contributed by atoms with Crippen molar-refractivity contribution < 1.29 is 19.0 Å². The Morgan fingerprint density at radius 2 is 2.26 bits per heavy atom. The van der Waals surface area contributed by atoms with Crippen LogP contribution < -0.4 is 4.74 Å². The SMILES string of the molecule is CO[C@@H]1C[C@@H](COc2cccnc2)N(C(=O)C2CCOCC2)C1. The van der Waals surface area contributed by atoms with Gasteiger partial charge in [-0.1, -0.05) is 0 Å². The summed E-state index contributed by atoms with van der Waals surface area (Å²) in [6.45, 7) is 2.47. The minimum Gasteiger partial charge on any atom is -0.490 e. The van der Waals surface area contributed by atoms with Crippen LogP contribution in [0.5, 0.6) is 5.75 Å². The van der Waals surface area contributed by atoms with E-state index in [1.807, 2.05) is 17.0 Å². The van der Waals surface area contributed by atoms with Crippen LogP contribution in [0.25, 0.3) is 0 Å². The quantitative estimate of drug-likeness (QED) is 0.823. The average molecular weight is 320 g/mol. The Kier molecular flexibility index (Phi) is 5.46. The number of carbonyl (C=O) groups excluding carboxylic acids is 1. The predicted octanol–water partition coefficient (Wildman–Crippen LogP) is 1.50. The molecule has 0 aromatic carbocycles. The Hall–Kier alpha value is -1.66. The molecule has 2 fully saturated rings. The van der Waals surface area contributed by atoms with Gasteiger partial charge in [0.05, 0.1) is 18.3 Å². The highest BCUT2D eigenvalue weighted by Crippen LogP contribution is 2.26. The minimum absolute atomic E-state index is 0.0514. The molecule has 1 aromatic rings. The first kappa shape index (κ1) is 16.2. The van der Waals surface area contributed by atoms with Gasteiger partial charge >= 0.3 is 0 Å². The molecule has 1 aromatic heterocycles. The van der Waals surface area contributed by atoms with Crippen molar-refractivity contribution in [2.45, 2.75) is 31.4 Å². The average Bonchev–Trinajstić information content (AvgIpc) is 3.04. The van der Waals surface area contributed by atoms with E-state index in [0.29, 0.717) is 26.4 Å². The topological polar surface area (TPSA) is 60.9 Å². The lowest BCUT2D eigenvalue weighted by molar-refractivity contribution is -0.140. The van der Waals surface area contributed by atoms with E-state index in [9.17, 15) is 4.79 Å². The number of aromatic nitrogens is 1. The summed E-state index contributed by atoms with van der Waals surface area (Å²) in [4.78, 5) is 18.8. The molecule has 0 saturated carbocycles. The van der Waals surface area contributed by atoms with Crippen LogP contribution in [-0.2, 0) is 14.3 Å². The van der Waals surface area contributed by atoms with Crippen LogP contribution in [0.15, 0.2) is 24.5 Å². The first-order valence-corrected chi connectivity index (χ1v) is 8.21.